The summed E-state index contributed by atoms with van der Waals surface area (Å²) in [6.45, 7) is 3.08. The summed E-state index contributed by atoms with van der Waals surface area (Å²) in [7, 11) is 0. The molecule has 7 nitrogen and oxygen atoms in total. The molecule has 0 radical (unpaired) electrons. The van der Waals surface area contributed by atoms with Crippen molar-refractivity contribution in [2.45, 2.75) is 50.9 Å². The van der Waals surface area contributed by atoms with Crippen LogP contribution in [0.3, 0.4) is 0 Å². The molecular formula is C29H33N3O4. The lowest BCUT2D eigenvalue weighted by Gasteiger charge is -2.40. The molecule has 0 spiro atoms. The van der Waals surface area contributed by atoms with Gasteiger partial charge in [0, 0.05) is 45.3 Å². The summed E-state index contributed by atoms with van der Waals surface area (Å²) in [6, 6.07) is 19.9. The Morgan fingerprint density at radius 1 is 0.972 bits per heavy atom. The van der Waals surface area contributed by atoms with Gasteiger partial charge in [0.25, 0.3) is 0 Å². The van der Waals surface area contributed by atoms with Crippen LogP contribution in [0.5, 0.6) is 0 Å². The second kappa shape index (κ2) is 11.8. The highest BCUT2D eigenvalue weighted by atomic mass is 16.3. The van der Waals surface area contributed by atoms with Crippen LogP contribution in [0, 0.1) is 0 Å². The van der Waals surface area contributed by atoms with Crippen molar-refractivity contribution in [3.63, 3.8) is 0 Å². The molecule has 0 atom stereocenters. The van der Waals surface area contributed by atoms with Gasteiger partial charge in [-0.3, -0.25) is 14.4 Å². The van der Waals surface area contributed by atoms with Gasteiger partial charge in [-0.1, -0.05) is 60.7 Å². The fourth-order valence-corrected chi connectivity index (χ4v) is 4.86. The molecular weight excluding hydrogens is 454 g/mol. The Hall–Kier alpha value is -3.74. The number of carbonyl (C=O) groups excluding carboxylic acids is 3. The maximum Gasteiger partial charge on any atom is 0.223 e. The Morgan fingerprint density at radius 2 is 1.64 bits per heavy atom. The molecule has 0 saturated carbocycles. The number of carbonyl (C=O) groups is 3. The summed E-state index contributed by atoms with van der Waals surface area (Å²) in [5.74, 6) is 0.504. The van der Waals surface area contributed by atoms with Gasteiger partial charge in [-0.15, -0.1) is 0 Å². The molecule has 188 valence electrons. The first-order valence-electron chi connectivity index (χ1n) is 12.5. The Morgan fingerprint density at radius 3 is 2.31 bits per heavy atom. The zero-order valence-corrected chi connectivity index (χ0v) is 20.7. The number of ketones is 1. The number of benzene rings is 2. The topological polar surface area (TPSA) is 92.5 Å². The monoisotopic (exact) mass is 487 g/mol. The molecule has 1 aliphatic rings. The molecule has 2 heterocycles. The number of likely N-dealkylation sites (tertiary alicyclic amines) is 1. The molecule has 1 saturated heterocycles. The summed E-state index contributed by atoms with van der Waals surface area (Å²) in [4.78, 5) is 43.8. The van der Waals surface area contributed by atoms with Crippen LogP contribution in [0.15, 0.2) is 71.3 Å². The van der Waals surface area contributed by atoms with Crippen LogP contribution in [0.2, 0.25) is 0 Å². The van der Waals surface area contributed by atoms with E-state index in [9.17, 15) is 14.4 Å². The van der Waals surface area contributed by atoms with Crippen LogP contribution in [-0.4, -0.2) is 47.1 Å². The van der Waals surface area contributed by atoms with Gasteiger partial charge in [0.2, 0.25) is 11.8 Å². The summed E-state index contributed by atoms with van der Waals surface area (Å²) in [5.41, 5.74) is 2.50. The number of hydrogen-bond donors (Lipinski definition) is 1. The minimum Gasteiger partial charge on any atom is -0.449 e. The Bertz CT molecular complexity index is 1170. The predicted molar refractivity (Wildman–Crippen MR) is 136 cm³/mol. The third-order valence-electron chi connectivity index (χ3n) is 7.02. The van der Waals surface area contributed by atoms with Gasteiger partial charge in [-0.25, -0.2) is 4.98 Å². The van der Waals surface area contributed by atoms with E-state index in [1.165, 1.54) is 0 Å². The summed E-state index contributed by atoms with van der Waals surface area (Å²) in [5, 5.41) is 2.84. The highest BCUT2D eigenvalue weighted by Gasteiger charge is 2.41. The van der Waals surface area contributed by atoms with Gasteiger partial charge in [0.05, 0.1) is 11.1 Å². The van der Waals surface area contributed by atoms with E-state index in [-0.39, 0.29) is 30.4 Å². The van der Waals surface area contributed by atoms with Gasteiger partial charge < -0.3 is 14.6 Å². The molecule has 2 amide bonds. The second-order valence-corrected chi connectivity index (χ2v) is 9.38. The number of Topliss-reactive ketones (excluding diaryl/α,β-unsaturated/α-hetero) is 1. The highest BCUT2D eigenvalue weighted by Crippen LogP contribution is 2.36. The number of aromatic nitrogens is 1. The van der Waals surface area contributed by atoms with Crippen molar-refractivity contribution >= 4 is 17.6 Å². The standard InChI is InChI=1S/C29H33N3O4/c1-22(33)29(24-10-6-3-7-11-24)15-18-32(19-16-29)28(35)13-12-26(34)30-17-14-27-31-25(21-36-27)20-23-8-4-2-5-9-23/h2-11,21H,12-20H2,1H3,(H,30,34). The van der Waals surface area contributed by atoms with Crippen molar-refractivity contribution in [2.75, 3.05) is 19.6 Å². The molecule has 1 aliphatic heterocycles. The Kier molecular flexibility index (Phi) is 8.31. The molecule has 7 heteroatoms. The van der Waals surface area contributed by atoms with Crippen LogP contribution in [0.4, 0.5) is 0 Å². The van der Waals surface area contributed by atoms with Crippen LogP contribution in [0.25, 0.3) is 0 Å². The van der Waals surface area contributed by atoms with E-state index in [2.05, 4.69) is 10.3 Å². The Labute approximate surface area is 211 Å². The van der Waals surface area contributed by atoms with E-state index in [4.69, 9.17) is 4.42 Å². The first kappa shape index (κ1) is 25.4. The molecule has 1 fully saturated rings. The quantitative estimate of drug-likeness (QED) is 0.469. The number of piperidine rings is 1. The molecule has 0 unspecified atom stereocenters. The number of amides is 2. The summed E-state index contributed by atoms with van der Waals surface area (Å²) in [6.07, 6.45) is 4.35. The van der Waals surface area contributed by atoms with E-state index >= 15 is 0 Å². The average Bonchev–Trinajstić information content (AvgIpc) is 3.35. The predicted octanol–water partition coefficient (Wildman–Crippen LogP) is 3.85. The van der Waals surface area contributed by atoms with Crippen LogP contribution in [-0.2, 0) is 32.6 Å². The van der Waals surface area contributed by atoms with Gasteiger partial charge in [0.15, 0.2) is 5.89 Å². The summed E-state index contributed by atoms with van der Waals surface area (Å²) < 4.78 is 5.51. The maximum atomic E-state index is 12.7. The molecule has 4 rings (SSSR count). The van der Waals surface area contributed by atoms with Gasteiger partial charge in [-0.05, 0) is 30.9 Å². The smallest absolute Gasteiger partial charge is 0.223 e. The minimum atomic E-state index is -0.531. The van der Waals surface area contributed by atoms with Gasteiger partial charge in [0.1, 0.15) is 12.0 Å². The third kappa shape index (κ3) is 6.27. The zero-order valence-electron chi connectivity index (χ0n) is 20.7. The zero-order chi connectivity index (χ0) is 25.4. The van der Waals surface area contributed by atoms with E-state index < -0.39 is 5.41 Å². The lowest BCUT2D eigenvalue weighted by Crippen LogP contribution is -2.48. The van der Waals surface area contributed by atoms with Crippen LogP contribution in [0.1, 0.15) is 55.3 Å². The number of oxazole rings is 1. The fourth-order valence-electron chi connectivity index (χ4n) is 4.86. The lowest BCUT2D eigenvalue weighted by atomic mass is 9.70. The van der Waals surface area contributed by atoms with Crippen molar-refractivity contribution in [3.8, 4) is 0 Å². The molecule has 2 aromatic carbocycles. The van der Waals surface area contributed by atoms with E-state index in [1.807, 2.05) is 60.7 Å². The maximum absolute atomic E-state index is 12.7. The normalized spacial score (nSPS) is 14.9. The van der Waals surface area contributed by atoms with Crippen LogP contribution >= 0.6 is 0 Å². The first-order chi connectivity index (χ1) is 17.5. The third-order valence-corrected chi connectivity index (χ3v) is 7.02. The van der Waals surface area contributed by atoms with Crippen molar-refractivity contribution in [1.82, 2.24) is 15.2 Å². The van der Waals surface area contributed by atoms with Crippen LogP contribution < -0.4 is 5.32 Å². The molecule has 3 aromatic rings. The fraction of sp³-hybridized carbons (Fsp3) is 0.379. The molecule has 0 aliphatic carbocycles. The summed E-state index contributed by atoms with van der Waals surface area (Å²) >= 11 is 0. The minimum absolute atomic E-state index is 0.0476. The molecule has 1 N–H and O–H groups in total. The second-order valence-electron chi connectivity index (χ2n) is 9.38. The van der Waals surface area contributed by atoms with E-state index in [0.29, 0.717) is 51.2 Å². The number of rotatable bonds is 10. The van der Waals surface area contributed by atoms with Gasteiger partial charge >= 0.3 is 0 Å². The number of hydrogen-bond acceptors (Lipinski definition) is 5. The lowest BCUT2D eigenvalue weighted by molar-refractivity contribution is -0.137. The number of nitrogens with zero attached hydrogens (tertiary/aromatic N) is 2. The van der Waals surface area contributed by atoms with E-state index in [1.54, 1.807) is 18.1 Å². The SMILES string of the molecule is CC(=O)C1(c2ccccc2)CCN(C(=O)CCC(=O)NCCc2nc(Cc3ccccc3)co2)CC1. The highest BCUT2D eigenvalue weighted by molar-refractivity contribution is 5.89. The van der Waals surface area contributed by atoms with Crippen molar-refractivity contribution < 1.29 is 18.8 Å². The van der Waals surface area contributed by atoms with E-state index in [0.717, 1.165) is 16.8 Å². The van der Waals surface area contributed by atoms with Gasteiger partial charge in [-0.2, -0.15) is 0 Å². The number of nitrogens with one attached hydrogen (secondary N) is 1. The Balaban J connectivity index is 1.17. The first-order valence-corrected chi connectivity index (χ1v) is 12.5. The van der Waals surface area contributed by atoms with Crippen molar-refractivity contribution in [1.29, 1.82) is 0 Å². The largest absolute Gasteiger partial charge is 0.449 e. The average molecular weight is 488 g/mol. The molecule has 1 aromatic heterocycles. The molecule has 36 heavy (non-hydrogen) atoms. The van der Waals surface area contributed by atoms with Crippen molar-refractivity contribution in [2.24, 2.45) is 0 Å². The molecule has 0 bridgehead atoms. The van der Waals surface area contributed by atoms with Crippen molar-refractivity contribution in [3.05, 3.63) is 89.6 Å².